The van der Waals surface area contributed by atoms with Crippen LogP contribution >= 0.6 is 27.5 Å². The molecule has 106 valence electrons. The van der Waals surface area contributed by atoms with Crippen LogP contribution in [0.1, 0.15) is 17.2 Å². The molecule has 5 heteroatoms. The molecule has 0 fully saturated rings. The van der Waals surface area contributed by atoms with E-state index in [4.69, 9.17) is 22.1 Å². The van der Waals surface area contributed by atoms with Crippen LogP contribution in [0.4, 0.5) is 4.39 Å². The zero-order valence-corrected chi connectivity index (χ0v) is 13.2. The number of methoxy groups -OCH3 is 1. The molecule has 0 saturated carbocycles. The van der Waals surface area contributed by atoms with Crippen molar-refractivity contribution in [2.24, 2.45) is 5.73 Å². The molecule has 0 radical (unpaired) electrons. The van der Waals surface area contributed by atoms with Crippen molar-refractivity contribution in [1.82, 2.24) is 0 Å². The molecule has 2 nitrogen and oxygen atoms in total. The first-order valence-corrected chi connectivity index (χ1v) is 7.20. The highest BCUT2D eigenvalue weighted by Crippen LogP contribution is 2.28. The van der Waals surface area contributed by atoms with E-state index in [1.165, 1.54) is 12.1 Å². The van der Waals surface area contributed by atoms with E-state index in [0.29, 0.717) is 15.9 Å². The Morgan fingerprint density at radius 1 is 1.30 bits per heavy atom. The Hall–Kier alpha value is -1.10. The van der Waals surface area contributed by atoms with E-state index in [-0.39, 0.29) is 11.9 Å². The second kappa shape index (κ2) is 6.57. The number of benzene rings is 2. The Kier molecular flexibility index (Phi) is 5.02. The summed E-state index contributed by atoms with van der Waals surface area (Å²) in [7, 11) is 1.59. The van der Waals surface area contributed by atoms with Crippen LogP contribution in [0.2, 0.25) is 5.02 Å². The molecule has 0 aromatic heterocycles. The van der Waals surface area contributed by atoms with Crippen molar-refractivity contribution in [1.29, 1.82) is 0 Å². The van der Waals surface area contributed by atoms with E-state index in [0.717, 1.165) is 16.9 Å². The van der Waals surface area contributed by atoms with Gasteiger partial charge in [-0.15, -0.1) is 0 Å². The second-order valence-corrected chi connectivity index (χ2v) is 5.82. The quantitative estimate of drug-likeness (QED) is 0.874. The van der Waals surface area contributed by atoms with Gasteiger partial charge in [-0.25, -0.2) is 4.39 Å². The van der Waals surface area contributed by atoms with Gasteiger partial charge in [0.2, 0.25) is 0 Å². The lowest BCUT2D eigenvalue weighted by Gasteiger charge is -2.15. The van der Waals surface area contributed by atoms with Gasteiger partial charge < -0.3 is 10.5 Å². The Labute approximate surface area is 130 Å². The number of halogens is 3. The van der Waals surface area contributed by atoms with Crippen LogP contribution in [0.3, 0.4) is 0 Å². The Balaban J connectivity index is 2.27. The van der Waals surface area contributed by atoms with E-state index in [1.807, 2.05) is 12.1 Å². The van der Waals surface area contributed by atoms with Gasteiger partial charge in [0.05, 0.1) is 7.11 Å². The molecule has 0 aliphatic carbocycles. The van der Waals surface area contributed by atoms with Crippen LogP contribution in [0.25, 0.3) is 0 Å². The molecule has 2 N–H and O–H groups in total. The van der Waals surface area contributed by atoms with Gasteiger partial charge in [0.15, 0.2) is 0 Å². The maximum absolute atomic E-state index is 13.4. The summed E-state index contributed by atoms with van der Waals surface area (Å²) in [6.45, 7) is 0. The molecule has 0 heterocycles. The molecular weight excluding hydrogens is 345 g/mol. The molecule has 1 unspecified atom stereocenters. The third-order valence-corrected chi connectivity index (χ3v) is 3.69. The summed E-state index contributed by atoms with van der Waals surface area (Å²) in [4.78, 5) is 0. The summed E-state index contributed by atoms with van der Waals surface area (Å²) in [5.41, 5.74) is 7.77. The van der Waals surface area contributed by atoms with E-state index in [9.17, 15) is 4.39 Å². The highest BCUT2D eigenvalue weighted by Gasteiger charge is 2.13. The molecule has 0 spiro atoms. The number of hydrogen-bond donors (Lipinski definition) is 1. The lowest BCUT2D eigenvalue weighted by Crippen LogP contribution is -2.14. The second-order valence-electron chi connectivity index (χ2n) is 4.47. The average Bonchev–Trinajstić information content (AvgIpc) is 2.37. The maximum Gasteiger partial charge on any atom is 0.124 e. The van der Waals surface area contributed by atoms with Gasteiger partial charge in [0, 0.05) is 15.5 Å². The van der Waals surface area contributed by atoms with Gasteiger partial charge in [-0.1, -0.05) is 27.5 Å². The molecule has 2 aromatic rings. The summed E-state index contributed by atoms with van der Waals surface area (Å²) < 4.78 is 19.4. The zero-order chi connectivity index (χ0) is 14.7. The van der Waals surface area contributed by atoms with Crippen LogP contribution in [-0.2, 0) is 6.42 Å². The predicted molar refractivity (Wildman–Crippen MR) is 82.7 cm³/mol. The molecule has 1 atom stereocenters. The van der Waals surface area contributed by atoms with Gasteiger partial charge in [0.25, 0.3) is 0 Å². The number of ether oxygens (including phenoxy) is 1. The third-order valence-electron chi connectivity index (χ3n) is 3.00. The minimum Gasteiger partial charge on any atom is -0.496 e. The van der Waals surface area contributed by atoms with Crippen molar-refractivity contribution < 1.29 is 9.13 Å². The van der Waals surface area contributed by atoms with Gasteiger partial charge in [-0.05, 0) is 53.9 Å². The fourth-order valence-electron chi connectivity index (χ4n) is 2.05. The standard InChI is InChI=1S/C15H14BrClFNO/c1-20-15-3-2-12(17)5-10(15)7-14(19)9-4-11(16)8-13(18)6-9/h2-6,8,14H,7,19H2,1H3. The minimum atomic E-state index is -0.339. The van der Waals surface area contributed by atoms with Crippen molar-refractivity contribution >= 4 is 27.5 Å². The lowest BCUT2D eigenvalue weighted by atomic mass is 9.99. The summed E-state index contributed by atoms with van der Waals surface area (Å²) >= 11 is 9.25. The highest BCUT2D eigenvalue weighted by molar-refractivity contribution is 9.10. The molecule has 20 heavy (non-hydrogen) atoms. The first-order valence-electron chi connectivity index (χ1n) is 6.03. The van der Waals surface area contributed by atoms with E-state index < -0.39 is 0 Å². The SMILES string of the molecule is COc1ccc(Cl)cc1CC(N)c1cc(F)cc(Br)c1. The number of rotatable bonds is 4. The summed E-state index contributed by atoms with van der Waals surface area (Å²) in [5, 5.41) is 0.619. The molecule has 0 amide bonds. The molecule has 0 aliphatic heterocycles. The van der Waals surface area contributed by atoms with Crippen molar-refractivity contribution in [3.8, 4) is 5.75 Å². The molecule has 0 aliphatic rings. The molecular formula is C15H14BrClFNO. The fraction of sp³-hybridized carbons (Fsp3) is 0.200. The largest absolute Gasteiger partial charge is 0.496 e. The zero-order valence-electron chi connectivity index (χ0n) is 10.9. The Morgan fingerprint density at radius 2 is 2.05 bits per heavy atom. The summed E-state index contributed by atoms with van der Waals surface area (Å²) in [6, 6.07) is 9.68. The van der Waals surface area contributed by atoms with Crippen molar-refractivity contribution in [3.63, 3.8) is 0 Å². The van der Waals surface area contributed by atoms with E-state index in [2.05, 4.69) is 15.9 Å². The summed E-state index contributed by atoms with van der Waals surface area (Å²) in [5.74, 6) is 0.406. The molecule has 2 aromatic carbocycles. The van der Waals surface area contributed by atoms with Crippen molar-refractivity contribution in [2.45, 2.75) is 12.5 Å². The fourth-order valence-corrected chi connectivity index (χ4v) is 2.73. The monoisotopic (exact) mass is 357 g/mol. The van der Waals surface area contributed by atoms with Crippen LogP contribution in [0.5, 0.6) is 5.75 Å². The van der Waals surface area contributed by atoms with E-state index in [1.54, 1.807) is 19.2 Å². The molecule has 2 rings (SSSR count). The van der Waals surface area contributed by atoms with Gasteiger partial charge in [0.1, 0.15) is 11.6 Å². The van der Waals surface area contributed by atoms with Crippen LogP contribution < -0.4 is 10.5 Å². The van der Waals surface area contributed by atoms with Gasteiger partial charge in [-0.2, -0.15) is 0 Å². The minimum absolute atomic E-state index is 0.317. The van der Waals surface area contributed by atoms with Crippen molar-refractivity contribution in [2.75, 3.05) is 7.11 Å². The topological polar surface area (TPSA) is 35.2 Å². The molecule has 0 saturated heterocycles. The Bertz CT molecular complexity index is 601. The third kappa shape index (κ3) is 3.72. The first-order chi connectivity index (χ1) is 9.49. The summed E-state index contributed by atoms with van der Waals surface area (Å²) in [6.07, 6.45) is 0.514. The van der Waals surface area contributed by atoms with Crippen molar-refractivity contribution in [3.05, 3.63) is 62.8 Å². The maximum atomic E-state index is 13.4. The predicted octanol–water partition coefficient (Wildman–Crippen LogP) is 4.49. The first kappa shape index (κ1) is 15.3. The van der Waals surface area contributed by atoms with Gasteiger partial charge >= 0.3 is 0 Å². The van der Waals surface area contributed by atoms with Crippen LogP contribution in [0.15, 0.2) is 40.9 Å². The number of hydrogen-bond acceptors (Lipinski definition) is 2. The van der Waals surface area contributed by atoms with Crippen LogP contribution in [-0.4, -0.2) is 7.11 Å². The van der Waals surface area contributed by atoms with Crippen LogP contribution in [0, 0.1) is 5.82 Å². The normalized spacial score (nSPS) is 12.2. The number of nitrogens with two attached hydrogens (primary N) is 1. The smallest absolute Gasteiger partial charge is 0.124 e. The van der Waals surface area contributed by atoms with Gasteiger partial charge in [-0.3, -0.25) is 0 Å². The highest BCUT2D eigenvalue weighted by atomic mass is 79.9. The average molecular weight is 359 g/mol. The van der Waals surface area contributed by atoms with E-state index >= 15 is 0 Å². The molecule has 0 bridgehead atoms. The Morgan fingerprint density at radius 3 is 2.70 bits per heavy atom. The lowest BCUT2D eigenvalue weighted by molar-refractivity contribution is 0.408.